The average molecular weight is 256 g/mol. The molecule has 1 atom stereocenters. The molecule has 1 rings (SSSR count). The van der Waals surface area contributed by atoms with Gasteiger partial charge in [-0.25, -0.2) is 4.79 Å². The lowest BCUT2D eigenvalue weighted by Gasteiger charge is -2.33. The largest absolute Gasteiger partial charge is 0.467 e. The minimum Gasteiger partial charge on any atom is -0.467 e. The third-order valence-electron chi connectivity index (χ3n) is 3.53. The number of nitrogens with zero attached hydrogens (tertiary/aromatic N) is 1. The highest BCUT2D eigenvalue weighted by Gasteiger charge is 2.26. The molecule has 1 aliphatic carbocycles. The Labute approximate surface area is 109 Å². The first kappa shape index (κ1) is 15.0. The number of rotatable bonds is 5. The van der Waals surface area contributed by atoms with Crippen LogP contribution in [0.3, 0.4) is 0 Å². The smallest absolute Gasteiger partial charge is 0.329 e. The van der Waals surface area contributed by atoms with Crippen molar-refractivity contribution in [1.29, 1.82) is 0 Å². The Morgan fingerprint density at radius 2 is 1.94 bits per heavy atom. The molecule has 1 unspecified atom stereocenters. The summed E-state index contributed by atoms with van der Waals surface area (Å²) in [7, 11) is 3.35. The standard InChI is InChI=1S/C13H24N2O3/c1-10(16)14-12(13(17)18-3)9-15(2)11-7-5-4-6-8-11/h11-12H,4-9H2,1-3H3,(H,14,16). The maximum Gasteiger partial charge on any atom is 0.329 e. The molecule has 0 spiro atoms. The second kappa shape index (κ2) is 7.36. The molecule has 0 aromatic heterocycles. The Bertz CT molecular complexity index is 288. The van der Waals surface area contributed by atoms with Gasteiger partial charge in [0.2, 0.25) is 5.91 Å². The number of amides is 1. The molecule has 5 nitrogen and oxygen atoms in total. The topological polar surface area (TPSA) is 58.6 Å². The summed E-state index contributed by atoms with van der Waals surface area (Å²) in [6.45, 7) is 1.92. The molecule has 18 heavy (non-hydrogen) atoms. The van der Waals surface area contributed by atoms with Crippen molar-refractivity contribution < 1.29 is 14.3 Å². The molecule has 0 aromatic rings. The summed E-state index contributed by atoms with van der Waals surface area (Å²) in [6, 6.07) is -0.0564. The van der Waals surface area contributed by atoms with Gasteiger partial charge >= 0.3 is 5.97 Å². The van der Waals surface area contributed by atoms with Gasteiger partial charge in [0.25, 0.3) is 0 Å². The molecule has 0 aliphatic heterocycles. The van der Waals surface area contributed by atoms with E-state index in [0.717, 1.165) is 0 Å². The van der Waals surface area contributed by atoms with Gasteiger partial charge in [0.15, 0.2) is 0 Å². The van der Waals surface area contributed by atoms with Crippen molar-refractivity contribution >= 4 is 11.9 Å². The van der Waals surface area contributed by atoms with Crippen LogP contribution in [-0.2, 0) is 14.3 Å². The molecule has 0 aromatic carbocycles. The molecule has 0 saturated heterocycles. The highest BCUT2D eigenvalue weighted by Crippen LogP contribution is 2.21. The highest BCUT2D eigenvalue weighted by atomic mass is 16.5. The summed E-state index contributed by atoms with van der Waals surface area (Å²) in [5.41, 5.74) is 0. The molecule has 1 saturated carbocycles. The van der Waals surface area contributed by atoms with E-state index in [4.69, 9.17) is 4.74 Å². The Morgan fingerprint density at radius 3 is 2.44 bits per heavy atom. The summed E-state index contributed by atoms with van der Waals surface area (Å²) < 4.78 is 4.72. The van der Waals surface area contributed by atoms with Crippen LogP contribution in [0.2, 0.25) is 0 Å². The van der Waals surface area contributed by atoms with Gasteiger partial charge in [-0.05, 0) is 19.9 Å². The van der Waals surface area contributed by atoms with Crippen LogP contribution >= 0.6 is 0 Å². The minimum atomic E-state index is -0.570. The molecule has 0 bridgehead atoms. The Hall–Kier alpha value is -1.10. The number of methoxy groups -OCH3 is 1. The lowest BCUT2D eigenvalue weighted by molar-refractivity contribution is -0.145. The second-order valence-electron chi connectivity index (χ2n) is 5.01. The van der Waals surface area contributed by atoms with Gasteiger partial charge in [-0.1, -0.05) is 19.3 Å². The molecular formula is C13H24N2O3. The normalized spacial score (nSPS) is 18.4. The monoisotopic (exact) mass is 256 g/mol. The molecule has 1 N–H and O–H groups in total. The van der Waals surface area contributed by atoms with Crippen molar-refractivity contribution in [1.82, 2.24) is 10.2 Å². The average Bonchev–Trinajstić information content (AvgIpc) is 2.37. The van der Waals surface area contributed by atoms with E-state index in [0.29, 0.717) is 12.6 Å². The maximum absolute atomic E-state index is 11.6. The summed E-state index contributed by atoms with van der Waals surface area (Å²) in [4.78, 5) is 24.9. The van der Waals surface area contributed by atoms with Crippen LogP contribution in [0.4, 0.5) is 0 Å². The van der Waals surface area contributed by atoms with Gasteiger partial charge in [-0.2, -0.15) is 0 Å². The van der Waals surface area contributed by atoms with Crippen molar-refractivity contribution in [2.75, 3.05) is 20.7 Å². The van der Waals surface area contributed by atoms with E-state index in [9.17, 15) is 9.59 Å². The van der Waals surface area contributed by atoms with Crippen molar-refractivity contribution in [3.05, 3.63) is 0 Å². The molecular weight excluding hydrogens is 232 g/mol. The van der Waals surface area contributed by atoms with E-state index in [1.54, 1.807) is 0 Å². The number of ether oxygens (including phenoxy) is 1. The molecule has 104 valence electrons. The minimum absolute atomic E-state index is 0.206. The fourth-order valence-electron chi connectivity index (χ4n) is 2.53. The lowest BCUT2D eigenvalue weighted by Crippen LogP contribution is -2.50. The number of esters is 1. The zero-order valence-corrected chi connectivity index (χ0v) is 11.6. The van der Waals surface area contributed by atoms with E-state index in [-0.39, 0.29) is 11.9 Å². The molecule has 0 heterocycles. The molecule has 1 amide bonds. The van der Waals surface area contributed by atoms with E-state index in [2.05, 4.69) is 10.2 Å². The third kappa shape index (κ3) is 4.64. The summed E-state index contributed by atoms with van der Waals surface area (Å²) in [5.74, 6) is -0.588. The van der Waals surface area contributed by atoms with Crippen LogP contribution in [0, 0.1) is 0 Å². The Morgan fingerprint density at radius 1 is 1.33 bits per heavy atom. The van der Waals surface area contributed by atoms with E-state index < -0.39 is 6.04 Å². The predicted molar refractivity (Wildman–Crippen MR) is 69.1 cm³/mol. The number of carbonyl (C=O) groups is 2. The SMILES string of the molecule is COC(=O)C(CN(C)C1CCCCC1)NC(C)=O. The second-order valence-corrected chi connectivity index (χ2v) is 5.01. The quantitative estimate of drug-likeness (QED) is 0.743. The first-order valence-electron chi connectivity index (χ1n) is 6.59. The molecule has 1 aliphatic rings. The first-order chi connectivity index (χ1) is 8.54. The number of hydrogen-bond acceptors (Lipinski definition) is 4. The summed E-state index contributed by atoms with van der Waals surface area (Å²) in [6.07, 6.45) is 6.14. The van der Waals surface area contributed by atoms with Crippen LogP contribution in [0.15, 0.2) is 0 Å². The van der Waals surface area contributed by atoms with Crippen molar-refractivity contribution in [3.8, 4) is 0 Å². The fourth-order valence-corrected chi connectivity index (χ4v) is 2.53. The van der Waals surface area contributed by atoms with Crippen LogP contribution < -0.4 is 5.32 Å². The molecule has 5 heteroatoms. The first-order valence-corrected chi connectivity index (χ1v) is 6.59. The van der Waals surface area contributed by atoms with Gasteiger partial charge in [0.1, 0.15) is 6.04 Å². The van der Waals surface area contributed by atoms with Crippen LogP contribution in [-0.4, -0.2) is 49.6 Å². The van der Waals surface area contributed by atoms with E-state index >= 15 is 0 Å². The third-order valence-corrected chi connectivity index (χ3v) is 3.53. The summed E-state index contributed by atoms with van der Waals surface area (Å²) >= 11 is 0. The van der Waals surface area contributed by atoms with E-state index in [1.807, 2.05) is 7.05 Å². The van der Waals surface area contributed by atoms with Gasteiger partial charge in [0, 0.05) is 19.5 Å². The van der Waals surface area contributed by atoms with E-state index in [1.165, 1.54) is 46.1 Å². The fraction of sp³-hybridized carbons (Fsp3) is 0.846. The summed E-state index contributed by atoms with van der Waals surface area (Å²) in [5, 5.41) is 2.65. The predicted octanol–water partition coefficient (Wildman–Crippen LogP) is 0.929. The number of carbonyl (C=O) groups excluding carboxylic acids is 2. The number of nitrogens with one attached hydrogen (secondary N) is 1. The molecule has 0 radical (unpaired) electrons. The van der Waals surface area contributed by atoms with Gasteiger partial charge in [0.05, 0.1) is 7.11 Å². The van der Waals surface area contributed by atoms with Crippen LogP contribution in [0.5, 0.6) is 0 Å². The zero-order chi connectivity index (χ0) is 13.5. The van der Waals surface area contributed by atoms with Gasteiger partial charge in [-0.15, -0.1) is 0 Å². The van der Waals surface area contributed by atoms with Crippen molar-refractivity contribution in [3.63, 3.8) is 0 Å². The maximum atomic E-state index is 11.6. The number of likely N-dealkylation sites (N-methyl/N-ethyl adjacent to an activating group) is 1. The number of hydrogen-bond donors (Lipinski definition) is 1. The van der Waals surface area contributed by atoms with Crippen molar-refractivity contribution in [2.45, 2.75) is 51.1 Å². The Kier molecular flexibility index (Phi) is 6.12. The lowest BCUT2D eigenvalue weighted by atomic mass is 9.94. The Balaban J connectivity index is 2.52. The van der Waals surface area contributed by atoms with Crippen LogP contribution in [0.1, 0.15) is 39.0 Å². The van der Waals surface area contributed by atoms with Gasteiger partial charge < -0.3 is 15.0 Å². The van der Waals surface area contributed by atoms with Crippen molar-refractivity contribution in [2.24, 2.45) is 0 Å². The molecule has 1 fully saturated rings. The van der Waals surface area contributed by atoms with Gasteiger partial charge in [-0.3, -0.25) is 4.79 Å². The van der Waals surface area contributed by atoms with Crippen LogP contribution in [0.25, 0.3) is 0 Å². The zero-order valence-electron chi connectivity index (χ0n) is 11.6. The highest BCUT2D eigenvalue weighted by molar-refractivity contribution is 5.83.